The van der Waals surface area contributed by atoms with E-state index in [1.165, 1.54) is 17.2 Å². The van der Waals surface area contributed by atoms with E-state index in [4.69, 9.17) is 27.9 Å². The molecule has 210 valence electrons. The first-order chi connectivity index (χ1) is 19.3. The van der Waals surface area contributed by atoms with Gasteiger partial charge in [-0.2, -0.15) is 0 Å². The lowest BCUT2D eigenvalue weighted by molar-refractivity contribution is -0.126. The van der Waals surface area contributed by atoms with Crippen molar-refractivity contribution in [2.45, 2.75) is 44.4 Å². The van der Waals surface area contributed by atoms with Crippen molar-refractivity contribution in [3.05, 3.63) is 75.1 Å². The maximum Gasteiger partial charge on any atom is 0.258 e. The van der Waals surface area contributed by atoms with Gasteiger partial charge in [0.1, 0.15) is 11.9 Å². The molecule has 0 bridgehead atoms. The molecule has 1 saturated heterocycles. The smallest absolute Gasteiger partial charge is 0.258 e. The zero-order valence-corrected chi connectivity index (χ0v) is 23.2. The van der Waals surface area contributed by atoms with Crippen LogP contribution in [0.4, 0.5) is 10.3 Å². The molecule has 2 atom stereocenters. The number of anilines is 1. The van der Waals surface area contributed by atoms with Crippen molar-refractivity contribution in [3.63, 3.8) is 0 Å². The van der Waals surface area contributed by atoms with Gasteiger partial charge in [-0.1, -0.05) is 41.4 Å². The third kappa shape index (κ3) is 5.76. The van der Waals surface area contributed by atoms with Gasteiger partial charge >= 0.3 is 0 Å². The van der Waals surface area contributed by atoms with E-state index < -0.39 is 29.7 Å². The van der Waals surface area contributed by atoms with E-state index in [9.17, 15) is 14.7 Å². The Morgan fingerprint density at radius 2 is 2.02 bits per heavy atom. The molecule has 0 spiro atoms. The fraction of sp³-hybridized carbons (Fsp3) is 0.357. The van der Waals surface area contributed by atoms with Crippen LogP contribution in [-0.2, 0) is 16.1 Å². The van der Waals surface area contributed by atoms with Crippen LogP contribution in [0.15, 0.2) is 42.6 Å². The van der Waals surface area contributed by atoms with Crippen LogP contribution < -0.4 is 10.6 Å². The van der Waals surface area contributed by atoms with Gasteiger partial charge in [0.2, 0.25) is 11.9 Å². The number of halogens is 3. The third-order valence-electron chi connectivity index (χ3n) is 7.19. The van der Waals surface area contributed by atoms with Gasteiger partial charge in [0.25, 0.3) is 5.91 Å². The van der Waals surface area contributed by atoms with Crippen molar-refractivity contribution in [3.8, 4) is 11.3 Å². The lowest BCUT2D eigenvalue weighted by atomic mass is 10.0. The van der Waals surface area contributed by atoms with E-state index in [0.29, 0.717) is 35.3 Å². The number of amides is 2. The molecule has 3 aromatic rings. The second kappa shape index (κ2) is 12.1. The van der Waals surface area contributed by atoms with Crippen molar-refractivity contribution in [2.75, 3.05) is 25.1 Å². The summed E-state index contributed by atoms with van der Waals surface area (Å²) >= 11 is 12.4. The number of hydrogen-bond donors (Lipinski definition) is 3. The number of aliphatic hydroxyl groups excluding tert-OH is 1. The molecule has 2 amide bonds. The van der Waals surface area contributed by atoms with Crippen molar-refractivity contribution in [1.29, 1.82) is 0 Å². The molecular formula is C28H28Cl2FN5O4. The SMILES string of the molecule is CC(C(=O)N[C@H](CO)c1cccc(Cl)c1)N1Cc2ccc(-c3nc(NC4CCOCC4)ncc3Cl)c(F)c2C1=O. The first kappa shape index (κ1) is 28.2. The van der Waals surface area contributed by atoms with Gasteiger partial charge in [-0.25, -0.2) is 14.4 Å². The number of fused-ring (bicyclic) bond motifs is 1. The van der Waals surface area contributed by atoms with Crippen LogP contribution in [0.5, 0.6) is 0 Å². The second-order valence-electron chi connectivity index (χ2n) is 9.79. The van der Waals surface area contributed by atoms with Gasteiger partial charge in [-0.15, -0.1) is 0 Å². The normalized spacial score (nSPS) is 16.9. The number of rotatable bonds is 8. The number of aromatic nitrogens is 2. The molecule has 1 fully saturated rings. The molecule has 2 aliphatic rings. The third-order valence-corrected chi connectivity index (χ3v) is 7.71. The highest BCUT2D eigenvalue weighted by Crippen LogP contribution is 2.35. The Hall–Kier alpha value is -3.31. The Labute approximate surface area is 240 Å². The number of carbonyl (C=O) groups is 2. The van der Waals surface area contributed by atoms with E-state index in [1.807, 2.05) is 0 Å². The number of benzene rings is 2. The number of carbonyl (C=O) groups excluding carboxylic acids is 2. The Bertz CT molecular complexity index is 1440. The van der Waals surface area contributed by atoms with Crippen LogP contribution in [0.3, 0.4) is 0 Å². The summed E-state index contributed by atoms with van der Waals surface area (Å²) in [6.07, 6.45) is 2.99. The Morgan fingerprint density at radius 1 is 1.25 bits per heavy atom. The van der Waals surface area contributed by atoms with Crippen LogP contribution in [-0.4, -0.2) is 63.7 Å². The van der Waals surface area contributed by atoms with Crippen molar-refractivity contribution < 1.29 is 23.8 Å². The van der Waals surface area contributed by atoms with Crippen molar-refractivity contribution in [1.82, 2.24) is 20.2 Å². The van der Waals surface area contributed by atoms with Crippen molar-refractivity contribution >= 4 is 41.0 Å². The lowest BCUT2D eigenvalue weighted by Crippen LogP contribution is -2.46. The molecule has 12 heteroatoms. The summed E-state index contributed by atoms with van der Waals surface area (Å²) in [6, 6.07) is 8.41. The number of ether oxygens (including phenoxy) is 1. The van der Waals surface area contributed by atoms with Gasteiger partial charge < -0.3 is 25.4 Å². The zero-order chi connectivity index (χ0) is 28.4. The summed E-state index contributed by atoms with van der Waals surface area (Å²) in [5.74, 6) is -1.57. The first-order valence-electron chi connectivity index (χ1n) is 12.9. The average molecular weight is 588 g/mol. The van der Waals surface area contributed by atoms with Gasteiger partial charge in [0.05, 0.1) is 35.1 Å². The summed E-state index contributed by atoms with van der Waals surface area (Å²) in [5, 5.41) is 16.4. The molecule has 3 N–H and O–H groups in total. The predicted molar refractivity (Wildman–Crippen MR) is 149 cm³/mol. The van der Waals surface area contributed by atoms with Gasteiger partial charge in [-0.3, -0.25) is 9.59 Å². The Balaban J connectivity index is 1.35. The lowest BCUT2D eigenvalue weighted by Gasteiger charge is -2.26. The van der Waals surface area contributed by atoms with E-state index >= 15 is 4.39 Å². The molecular weight excluding hydrogens is 560 g/mol. The highest BCUT2D eigenvalue weighted by atomic mass is 35.5. The molecule has 2 aromatic carbocycles. The van der Waals surface area contributed by atoms with Crippen molar-refractivity contribution in [2.24, 2.45) is 0 Å². The van der Waals surface area contributed by atoms with E-state index in [2.05, 4.69) is 20.6 Å². The Kier molecular flexibility index (Phi) is 8.51. The van der Waals surface area contributed by atoms with Gasteiger partial charge in [0.15, 0.2) is 0 Å². The zero-order valence-electron chi connectivity index (χ0n) is 21.7. The quantitative estimate of drug-likeness (QED) is 0.358. The molecule has 40 heavy (non-hydrogen) atoms. The van der Waals surface area contributed by atoms with Crippen LogP contribution in [0.1, 0.15) is 47.3 Å². The molecule has 3 heterocycles. The number of aliphatic hydroxyl groups is 1. The maximum absolute atomic E-state index is 15.9. The van der Waals surface area contributed by atoms with Crippen LogP contribution in [0.2, 0.25) is 10.0 Å². The minimum Gasteiger partial charge on any atom is -0.394 e. The molecule has 1 unspecified atom stereocenters. The summed E-state index contributed by atoms with van der Waals surface area (Å²) < 4.78 is 21.3. The van der Waals surface area contributed by atoms with Crippen LogP contribution in [0, 0.1) is 5.82 Å². The van der Waals surface area contributed by atoms with Crippen LogP contribution >= 0.6 is 23.2 Å². The summed E-state index contributed by atoms with van der Waals surface area (Å²) in [7, 11) is 0. The Morgan fingerprint density at radius 3 is 2.75 bits per heavy atom. The summed E-state index contributed by atoms with van der Waals surface area (Å²) in [5.41, 5.74) is 1.17. The highest BCUT2D eigenvalue weighted by molar-refractivity contribution is 6.33. The summed E-state index contributed by atoms with van der Waals surface area (Å²) in [6.45, 7) is 2.51. The molecule has 0 saturated carbocycles. The minimum atomic E-state index is -0.936. The van der Waals surface area contributed by atoms with Gasteiger partial charge in [0, 0.05) is 36.4 Å². The molecule has 5 rings (SSSR count). The highest BCUT2D eigenvalue weighted by Gasteiger charge is 2.37. The minimum absolute atomic E-state index is 0.0506. The molecule has 0 radical (unpaired) electrons. The first-order valence-corrected chi connectivity index (χ1v) is 13.7. The molecule has 2 aliphatic heterocycles. The standard InChI is InChI=1S/C28H28Cl2FN5O4/c1-15(26(38)34-22(14-37)16-3-2-4-18(29)11-16)36-13-17-5-6-20(24(31)23(17)27(36)39)25-21(30)12-32-28(35-25)33-19-7-9-40-10-8-19/h2-6,11-12,15,19,22,37H,7-10,13-14H2,1H3,(H,34,38)(H,32,33,35)/t15?,22-/m1/s1. The van der Waals surface area contributed by atoms with Crippen LogP contribution in [0.25, 0.3) is 11.3 Å². The fourth-order valence-electron chi connectivity index (χ4n) is 4.92. The molecule has 0 aliphatic carbocycles. The van der Waals surface area contributed by atoms with Gasteiger partial charge in [-0.05, 0) is 49.1 Å². The average Bonchev–Trinajstić information content (AvgIpc) is 3.30. The predicted octanol–water partition coefficient (Wildman–Crippen LogP) is 4.37. The largest absolute Gasteiger partial charge is 0.394 e. The topological polar surface area (TPSA) is 117 Å². The van der Waals surface area contributed by atoms with E-state index in [-0.39, 0.29) is 41.0 Å². The number of hydrogen-bond acceptors (Lipinski definition) is 7. The monoisotopic (exact) mass is 587 g/mol. The van der Waals surface area contributed by atoms with E-state index in [1.54, 1.807) is 37.3 Å². The molecule has 9 nitrogen and oxygen atoms in total. The number of nitrogens with one attached hydrogen (secondary N) is 2. The molecule has 1 aromatic heterocycles. The second-order valence-corrected chi connectivity index (χ2v) is 10.6. The van der Waals surface area contributed by atoms with E-state index in [0.717, 1.165) is 12.8 Å². The maximum atomic E-state index is 15.9. The number of nitrogens with zero attached hydrogens (tertiary/aromatic N) is 3. The fourth-order valence-corrected chi connectivity index (χ4v) is 5.31. The summed E-state index contributed by atoms with van der Waals surface area (Å²) in [4.78, 5) is 36.4.